The van der Waals surface area contributed by atoms with Crippen LogP contribution < -0.4 is 0 Å². The highest BCUT2D eigenvalue weighted by atomic mass is 16.5. The summed E-state index contributed by atoms with van der Waals surface area (Å²) in [5.74, 6) is 6.11. The number of carbonyl (C=O) groups is 1. The van der Waals surface area contributed by atoms with E-state index in [-0.39, 0.29) is 12.1 Å². The number of hydrogen-bond donors (Lipinski definition) is 0. The van der Waals surface area contributed by atoms with E-state index in [4.69, 9.17) is 4.74 Å². The number of esters is 1. The molecule has 0 saturated heterocycles. The number of carbonyl (C=O) groups excluding carboxylic acids is 1. The molecule has 4 nitrogen and oxygen atoms in total. The molecule has 0 aromatic heterocycles. The molecule has 45 heavy (non-hydrogen) atoms. The minimum atomic E-state index is -0.227. The molecule has 4 aliphatic carbocycles. The Kier molecular flexibility index (Phi) is 9.69. The van der Waals surface area contributed by atoms with Crippen molar-refractivity contribution in [2.24, 2.45) is 63.0 Å². The second-order valence-corrected chi connectivity index (χ2v) is 16.0. The molecule has 0 amide bonds. The molecule has 4 aliphatic rings. The summed E-state index contributed by atoms with van der Waals surface area (Å²) in [6, 6.07) is 15.3. The lowest BCUT2D eigenvalue weighted by Crippen LogP contribution is -2.48. The van der Waals surface area contributed by atoms with Crippen LogP contribution in [0.1, 0.15) is 115 Å². The normalized spacial score (nSPS) is 33.3. The van der Waals surface area contributed by atoms with Crippen molar-refractivity contribution in [2.75, 3.05) is 0 Å². The molecule has 9 unspecified atom stereocenters. The standard InChI is InChI=1S/C41H56N2O2/c1-26(2)8-7-9-28(4)37-20-21-38-35-19-14-31-25-34(24-29(5)39(31)36(35)22-23-41(37,38)6)45-40(44)30-12-17-33(18-13-30)43-42-32-15-10-27(3)11-16-32/h10-18,26,28-29,34-39H,7-9,19-25H2,1-6H3. The molecule has 0 aliphatic heterocycles. The molecular formula is C41H56N2O2. The molecule has 0 bridgehead atoms. The zero-order valence-corrected chi connectivity index (χ0v) is 28.7. The Hall–Kier alpha value is -2.75. The van der Waals surface area contributed by atoms with Crippen LogP contribution in [-0.4, -0.2) is 12.1 Å². The molecule has 2 aromatic rings. The van der Waals surface area contributed by atoms with Crippen LogP contribution in [0.5, 0.6) is 0 Å². The Labute approximate surface area is 272 Å². The van der Waals surface area contributed by atoms with Gasteiger partial charge in [-0.3, -0.25) is 0 Å². The maximum atomic E-state index is 13.2. The first-order chi connectivity index (χ1) is 21.6. The summed E-state index contributed by atoms with van der Waals surface area (Å²) in [5, 5.41) is 8.64. The third-order valence-electron chi connectivity index (χ3n) is 12.6. The summed E-state index contributed by atoms with van der Waals surface area (Å²) in [5.41, 5.74) is 5.42. The molecule has 0 radical (unpaired) electrons. The zero-order valence-electron chi connectivity index (χ0n) is 28.7. The third-order valence-corrected chi connectivity index (χ3v) is 12.6. The first kappa shape index (κ1) is 32.2. The summed E-state index contributed by atoms with van der Waals surface area (Å²) < 4.78 is 6.15. The van der Waals surface area contributed by atoms with E-state index in [2.05, 4.69) is 57.8 Å². The Balaban J connectivity index is 1.06. The Morgan fingerprint density at radius 2 is 1.62 bits per heavy atom. The highest BCUT2D eigenvalue weighted by Gasteiger charge is 2.57. The highest BCUT2D eigenvalue weighted by molar-refractivity contribution is 5.89. The zero-order chi connectivity index (χ0) is 31.7. The first-order valence-corrected chi connectivity index (χ1v) is 18.1. The molecular weight excluding hydrogens is 552 g/mol. The Morgan fingerprint density at radius 3 is 2.31 bits per heavy atom. The Morgan fingerprint density at radius 1 is 0.933 bits per heavy atom. The van der Waals surface area contributed by atoms with Gasteiger partial charge in [-0.1, -0.05) is 83.2 Å². The van der Waals surface area contributed by atoms with Crippen molar-refractivity contribution in [3.63, 3.8) is 0 Å². The number of hydrogen-bond acceptors (Lipinski definition) is 4. The molecule has 2 aromatic carbocycles. The van der Waals surface area contributed by atoms with E-state index in [1.807, 2.05) is 48.5 Å². The lowest BCUT2D eigenvalue weighted by atomic mass is 9.50. The second-order valence-electron chi connectivity index (χ2n) is 16.0. The molecule has 0 N–H and O–H groups in total. The van der Waals surface area contributed by atoms with Gasteiger partial charge >= 0.3 is 5.97 Å². The Bertz CT molecular complexity index is 1380. The number of aryl methyl sites for hydroxylation is 1. The predicted molar refractivity (Wildman–Crippen MR) is 184 cm³/mol. The van der Waals surface area contributed by atoms with Crippen LogP contribution in [0.25, 0.3) is 0 Å². The van der Waals surface area contributed by atoms with E-state index >= 15 is 0 Å². The fraction of sp³-hybridized carbons (Fsp3) is 0.634. The number of fused-ring (bicyclic) bond motifs is 5. The average Bonchev–Trinajstić information content (AvgIpc) is 3.38. The van der Waals surface area contributed by atoms with Crippen LogP contribution in [0.15, 0.2) is 70.4 Å². The maximum Gasteiger partial charge on any atom is 0.338 e. The fourth-order valence-corrected chi connectivity index (χ4v) is 10.4. The van der Waals surface area contributed by atoms with Crippen molar-refractivity contribution in [2.45, 2.75) is 112 Å². The first-order valence-electron chi connectivity index (χ1n) is 18.1. The largest absolute Gasteiger partial charge is 0.458 e. The van der Waals surface area contributed by atoms with Gasteiger partial charge in [0, 0.05) is 6.42 Å². The summed E-state index contributed by atoms with van der Waals surface area (Å²) in [4.78, 5) is 13.2. The van der Waals surface area contributed by atoms with Crippen LogP contribution in [0.4, 0.5) is 11.4 Å². The highest BCUT2D eigenvalue weighted by Crippen LogP contribution is 2.65. The van der Waals surface area contributed by atoms with Crippen LogP contribution >= 0.6 is 0 Å². The summed E-state index contributed by atoms with van der Waals surface area (Å²) in [6.07, 6.45) is 15.5. The van der Waals surface area contributed by atoms with Gasteiger partial charge in [-0.2, -0.15) is 10.2 Å². The van der Waals surface area contributed by atoms with Gasteiger partial charge in [-0.25, -0.2) is 4.79 Å². The molecule has 3 saturated carbocycles. The topological polar surface area (TPSA) is 51.0 Å². The molecule has 0 spiro atoms. The smallest absolute Gasteiger partial charge is 0.338 e. The van der Waals surface area contributed by atoms with E-state index in [1.54, 1.807) is 5.57 Å². The average molecular weight is 609 g/mol. The number of ether oxygens (including phenoxy) is 1. The van der Waals surface area contributed by atoms with Gasteiger partial charge in [0.1, 0.15) is 6.10 Å². The SMILES string of the molecule is Cc1ccc(N=Nc2ccc(C(=O)OC3CC4=CCC5C(CCC6(C)C(C(C)CCCC(C)C)CCC56)C4C(C)C3)cc2)cc1. The van der Waals surface area contributed by atoms with Gasteiger partial charge in [-0.05, 0) is 135 Å². The van der Waals surface area contributed by atoms with Gasteiger partial charge in [0.2, 0.25) is 0 Å². The van der Waals surface area contributed by atoms with Crippen molar-refractivity contribution < 1.29 is 9.53 Å². The van der Waals surface area contributed by atoms with E-state index < -0.39 is 0 Å². The van der Waals surface area contributed by atoms with E-state index in [0.717, 1.165) is 59.7 Å². The van der Waals surface area contributed by atoms with Crippen molar-refractivity contribution in [3.8, 4) is 0 Å². The quantitative estimate of drug-likeness (QED) is 0.161. The van der Waals surface area contributed by atoms with Crippen LogP contribution in [0.3, 0.4) is 0 Å². The lowest BCUT2D eigenvalue weighted by Gasteiger charge is -2.55. The monoisotopic (exact) mass is 608 g/mol. The van der Waals surface area contributed by atoms with Crippen molar-refractivity contribution in [1.82, 2.24) is 0 Å². The van der Waals surface area contributed by atoms with Gasteiger partial charge in [-0.15, -0.1) is 0 Å². The van der Waals surface area contributed by atoms with Crippen molar-refractivity contribution >= 4 is 17.3 Å². The molecule has 4 heteroatoms. The van der Waals surface area contributed by atoms with Crippen LogP contribution in [0, 0.1) is 59.7 Å². The van der Waals surface area contributed by atoms with Gasteiger partial charge in [0.25, 0.3) is 0 Å². The van der Waals surface area contributed by atoms with E-state index in [1.165, 1.54) is 56.9 Å². The summed E-state index contributed by atoms with van der Waals surface area (Å²) in [6.45, 7) is 14.5. The predicted octanol–water partition coefficient (Wildman–Crippen LogP) is 11.8. The minimum absolute atomic E-state index is 0.0381. The summed E-state index contributed by atoms with van der Waals surface area (Å²) in [7, 11) is 0. The van der Waals surface area contributed by atoms with E-state index in [0.29, 0.717) is 22.8 Å². The maximum absolute atomic E-state index is 13.2. The van der Waals surface area contributed by atoms with Gasteiger partial charge in [0.15, 0.2) is 0 Å². The number of benzene rings is 2. The van der Waals surface area contributed by atoms with Crippen LogP contribution in [0.2, 0.25) is 0 Å². The third kappa shape index (κ3) is 6.86. The van der Waals surface area contributed by atoms with Gasteiger partial charge in [0.05, 0.1) is 16.9 Å². The van der Waals surface area contributed by atoms with Crippen LogP contribution in [-0.2, 0) is 4.74 Å². The summed E-state index contributed by atoms with van der Waals surface area (Å²) >= 11 is 0. The molecule has 9 atom stereocenters. The molecule has 0 heterocycles. The van der Waals surface area contributed by atoms with Gasteiger partial charge < -0.3 is 4.74 Å². The second kappa shape index (κ2) is 13.5. The number of allylic oxidation sites excluding steroid dienone is 1. The molecule has 242 valence electrons. The molecule has 6 rings (SSSR count). The fourth-order valence-electron chi connectivity index (χ4n) is 10.4. The number of azo groups is 1. The van der Waals surface area contributed by atoms with Crippen molar-refractivity contribution in [1.29, 1.82) is 0 Å². The number of nitrogens with zero attached hydrogens (tertiary/aromatic N) is 2. The number of rotatable bonds is 9. The minimum Gasteiger partial charge on any atom is -0.458 e. The molecule has 3 fully saturated rings. The van der Waals surface area contributed by atoms with E-state index in [9.17, 15) is 4.79 Å². The lowest BCUT2D eigenvalue weighted by molar-refractivity contribution is -0.0435. The van der Waals surface area contributed by atoms with Crippen molar-refractivity contribution in [3.05, 3.63) is 71.3 Å².